The lowest BCUT2D eigenvalue weighted by Crippen LogP contribution is -2.21. The van der Waals surface area contributed by atoms with Crippen LogP contribution in [-0.4, -0.2) is 41.2 Å². The van der Waals surface area contributed by atoms with Crippen molar-refractivity contribution in [1.82, 2.24) is 0 Å². The first-order valence-electron chi connectivity index (χ1n) is 9.99. The largest absolute Gasteiger partial charge is 0.492 e. The van der Waals surface area contributed by atoms with E-state index in [1.807, 2.05) is 0 Å². The molecule has 182 valence electrons. The van der Waals surface area contributed by atoms with E-state index >= 15 is 0 Å². The highest BCUT2D eigenvalue weighted by Crippen LogP contribution is 2.29. The number of halogens is 3. The Balaban J connectivity index is 1.88. The number of carbonyl (C=O) groups is 1. The first-order chi connectivity index (χ1) is 15.8. The molecule has 0 spiro atoms. The third kappa shape index (κ3) is 7.06. The first kappa shape index (κ1) is 25.7. The second-order valence-corrected chi connectivity index (χ2v) is 11.1. The molecule has 0 aliphatic heterocycles. The first-order valence-corrected chi connectivity index (χ1v) is 13.2. The van der Waals surface area contributed by atoms with Crippen LogP contribution in [0.25, 0.3) is 0 Å². The highest BCUT2D eigenvalue weighted by atomic mass is 32.2. The van der Waals surface area contributed by atoms with E-state index in [4.69, 9.17) is 9.88 Å². The van der Waals surface area contributed by atoms with Crippen molar-refractivity contribution in [2.24, 2.45) is 11.1 Å². The van der Waals surface area contributed by atoms with Crippen LogP contribution in [-0.2, 0) is 19.9 Å². The summed E-state index contributed by atoms with van der Waals surface area (Å²) in [5, 5.41) is 5.08. The Morgan fingerprint density at radius 1 is 1.06 bits per heavy atom. The summed E-state index contributed by atoms with van der Waals surface area (Å²) in [6.07, 6.45) is -3.82. The van der Waals surface area contributed by atoms with Crippen molar-refractivity contribution in [1.29, 1.82) is 0 Å². The Morgan fingerprint density at radius 3 is 2.29 bits per heavy atom. The summed E-state index contributed by atoms with van der Waals surface area (Å²) in [6, 6.07) is 8.39. The molecule has 2 aromatic rings. The standard InChI is InChI=1S/C22H20F3NO6S2/c23-22(24,25)11-12-32-19-13-17(10-9-16(19)8-7-15-5-6-15)18(27)14-33(28,29)20-3-1-2-4-21(20)34(26,30)31/h1-4,9-10,13,15H,5-6,11-12,14H2,(H2,26,30,31). The number of nitrogens with two attached hydrogens (primary N) is 1. The summed E-state index contributed by atoms with van der Waals surface area (Å²) in [6.45, 7) is -0.709. The third-order valence-electron chi connectivity index (χ3n) is 4.75. The normalized spacial score (nSPS) is 14.2. The average Bonchev–Trinajstić information content (AvgIpc) is 3.55. The molecule has 0 unspecified atom stereocenters. The minimum Gasteiger partial charge on any atom is -0.492 e. The summed E-state index contributed by atoms with van der Waals surface area (Å²) in [5.74, 6) is 3.89. The van der Waals surface area contributed by atoms with E-state index in [1.165, 1.54) is 24.3 Å². The lowest BCUT2D eigenvalue weighted by atomic mass is 10.1. The van der Waals surface area contributed by atoms with Crippen LogP contribution in [0.2, 0.25) is 0 Å². The summed E-state index contributed by atoms with van der Waals surface area (Å²) in [4.78, 5) is 11.5. The number of benzene rings is 2. The molecular weight excluding hydrogens is 495 g/mol. The van der Waals surface area contributed by atoms with Gasteiger partial charge in [0, 0.05) is 11.5 Å². The van der Waals surface area contributed by atoms with Gasteiger partial charge in [-0.25, -0.2) is 22.0 Å². The quantitative estimate of drug-likeness (QED) is 0.426. The SMILES string of the molecule is NS(=O)(=O)c1ccccc1S(=O)(=O)CC(=O)c1ccc(C#CC2CC2)c(OCCC(F)(F)F)c1. The molecule has 1 saturated carbocycles. The fourth-order valence-corrected chi connectivity index (χ4v) is 5.55. The zero-order valence-electron chi connectivity index (χ0n) is 17.6. The maximum absolute atomic E-state index is 12.8. The van der Waals surface area contributed by atoms with Gasteiger partial charge in [-0.05, 0) is 43.2 Å². The summed E-state index contributed by atoms with van der Waals surface area (Å²) in [5.41, 5.74) is 0.128. The van der Waals surface area contributed by atoms with Crippen molar-refractivity contribution in [3.8, 4) is 17.6 Å². The minimum absolute atomic E-state index is 0.0782. The maximum atomic E-state index is 12.8. The number of hydrogen-bond acceptors (Lipinski definition) is 6. The van der Waals surface area contributed by atoms with Gasteiger partial charge in [-0.2, -0.15) is 13.2 Å². The van der Waals surface area contributed by atoms with Crippen molar-refractivity contribution in [2.75, 3.05) is 12.4 Å². The maximum Gasteiger partial charge on any atom is 0.392 e. The van der Waals surface area contributed by atoms with E-state index in [0.29, 0.717) is 0 Å². The van der Waals surface area contributed by atoms with Crippen LogP contribution >= 0.6 is 0 Å². The Kier molecular flexibility index (Phi) is 7.40. The second kappa shape index (κ2) is 9.77. The molecule has 0 radical (unpaired) electrons. The lowest BCUT2D eigenvalue weighted by molar-refractivity contribution is -0.139. The van der Waals surface area contributed by atoms with Crippen molar-refractivity contribution in [3.63, 3.8) is 0 Å². The number of carbonyl (C=O) groups excluding carboxylic acids is 1. The highest BCUT2D eigenvalue weighted by molar-refractivity contribution is 7.94. The monoisotopic (exact) mass is 515 g/mol. The predicted octanol–water partition coefficient (Wildman–Crippen LogP) is 3.08. The van der Waals surface area contributed by atoms with E-state index in [9.17, 15) is 34.8 Å². The fraction of sp³-hybridized carbons (Fsp3) is 0.318. The fourth-order valence-electron chi connectivity index (χ4n) is 2.88. The molecule has 0 bridgehead atoms. The van der Waals surface area contributed by atoms with Gasteiger partial charge in [0.05, 0.1) is 23.5 Å². The third-order valence-corrected chi connectivity index (χ3v) is 7.51. The number of hydrogen-bond donors (Lipinski definition) is 1. The van der Waals surface area contributed by atoms with E-state index in [1.54, 1.807) is 0 Å². The molecule has 0 atom stereocenters. The average molecular weight is 516 g/mol. The second-order valence-electron chi connectivity index (χ2n) is 7.64. The molecule has 1 aliphatic carbocycles. The molecule has 0 aromatic heterocycles. The molecule has 2 N–H and O–H groups in total. The summed E-state index contributed by atoms with van der Waals surface area (Å²) < 4.78 is 91.8. The molecule has 34 heavy (non-hydrogen) atoms. The van der Waals surface area contributed by atoms with Gasteiger partial charge in [-0.1, -0.05) is 24.0 Å². The van der Waals surface area contributed by atoms with Gasteiger partial charge in [0.25, 0.3) is 0 Å². The number of ether oxygens (including phenoxy) is 1. The number of rotatable bonds is 8. The van der Waals surface area contributed by atoms with Gasteiger partial charge in [0.1, 0.15) is 16.4 Å². The van der Waals surface area contributed by atoms with Crippen LogP contribution in [0.5, 0.6) is 5.75 Å². The van der Waals surface area contributed by atoms with Gasteiger partial charge < -0.3 is 4.74 Å². The van der Waals surface area contributed by atoms with Crippen molar-refractivity contribution < 1.29 is 39.5 Å². The molecule has 0 saturated heterocycles. The van der Waals surface area contributed by atoms with E-state index in [2.05, 4.69) is 11.8 Å². The zero-order valence-corrected chi connectivity index (χ0v) is 19.3. The van der Waals surface area contributed by atoms with Gasteiger partial charge in [-0.15, -0.1) is 0 Å². The van der Waals surface area contributed by atoms with Crippen molar-refractivity contribution >= 4 is 25.6 Å². The van der Waals surface area contributed by atoms with Gasteiger partial charge in [-0.3, -0.25) is 4.79 Å². The number of sulfone groups is 1. The molecule has 7 nitrogen and oxygen atoms in total. The van der Waals surface area contributed by atoms with Crippen LogP contribution in [0.3, 0.4) is 0 Å². The molecule has 0 heterocycles. The van der Waals surface area contributed by atoms with Crippen molar-refractivity contribution in [3.05, 3.63) is 53.6 Å². The Bertz CT molecular complexity index is 1370. The topological polar surface area (TPSA) is 121 Å². The number of primary sulfonamides is 1. The molecular formula is C22H20F3NO6S2. The molecule has 1 fully saturated rings. The molecule has 12 heteroatoms. The summed E-state index contributed by atoms with van der Waals surface area (Å²) in [7, 11) is -8.80. The highest BCUT2D eigenvalue weighted by Gasteiger charge is 2.29. The van der Waals surface area contributed by atoms with Crippen LogP contribution in [0.15, 0.2) is 52.3 Å². The number of alkyl halides is 3. The van der Waals surface area contributed by atoms with Gasteiger partial charge in [0.2, 0.25) is 10.0 Å². The van der Waals surface area contributed by atoms with Crippen LogP contribution in [0, 0.1) is 17.8 Å². The van der Waals surface area contributed by atoms with Gasteiger partial charge >= 0.3 is 6.18 Å². The Labute approximate surface area is 195 Å². The Hall–Kier alpha value is -2.88. The Morgan fingerprint density at radius 2 is 1.71 bits per heavy atom. The van der Waals surface area contributed by atoms with Crippen LogP contribution in [0.4, 0.5) is 13.2 Å². The molecule has 2 aromatic carbocycles. The van der Waals surface area contributed by atoms with Crippen LogP contribution < -0.4 is 9.88 Å². The van der Waals surface area contributed by atoms with E-state index in [0.717, 1.165) is 31.0 Å². The van der Waals surface area contributed by atoms with Crippen molar-refractivity contribution in [2.45, 2.75) is 35.2 Å². The molecule has 0 amide bonds. The zero-order chi connectivity index (χ0) is 25.1. The number of Topliss-reactive ketones (excluding diaryl/α,β-unsaturated/α-hetero) is 1. The predicted molar refractivity (Wildman–Crippen MR) is 116 cm³/mol. The molecule has 3 rings (SSSR count). The number of ketones is 1. The van der Waals surface area contributed by atoms with E-state index < -0.39 is 60.4 Å². The van der Waals surface area contributed by atoms with E-state index in [-0.39, 0.29) is 22.8 Å². The lowest BCUT2D eigenvalue weighted by Gasteiger charge is -2.12. The molecule has 1 aliphatic rings. The van der Waals surface area contributed by atoms with Gasteiger partial charge in [0.15, 0.2) is 15.6 Å². The van der Waals surface area contributed by atoms with Crippen LogP contribution in [0.1, 0.15) is 35.2 Å². The minimum atomic E-state index is -4.45. The summed E-state index contributed by atoms with van der Waals surface area (Å²) >= 11 is 0. The smallest absolute Gasteiger partial charge is 0.392 e. The number of sulfonamides is 1.